The first kappa shape index (κ1) is 13.3. The number of rotatable bonds is 1. The highest BCUT2D eigenvalue weighted by molar-refractivity contribution is 8.26. The van der Waals surface area contributed by atoms with Gasteiger partial charge in [0, 0.05) is 0 Å². The van der Waals surface area contributed by atoms with Crippen molar-refractivity contribution in [2.24, 2.45) is 5.84 Å². The molecule has 0 aromatic heterocycles. The van der Waals surface area contributed by atoms with Crippen LogP contribution in [0.25, 0.3) is 6.08 Å². The van der Waals surface area contributed by atoms with Crippen LogP contribution < -0.4 is 5.84 Å². The molecule has 94 valence electrons. The predicted octanol–water partition coefficient (Wildman–Crippen LogP) is 2.69. The molecule has 1 heterocycles. The van der Waals surface area contributed by atoms with Gasteiger partial charge in [0.25, 0.3) is 5.91 Å². The summed E-state index contributed by atoms with van der Waals surface area (Å²) in [5.74, 6) is 5.31. The monoisotopic (exact) mass is 278 g/mol. The Morgan fingerprint density at radius 1 is 1.28 bits per heavy atom. The van der Waals surface area contributed by atoms with E-state index in [1.807, 2.05) is 19.9 Å². The molecule has 1 aliphatic rings. The number of hydrogen-bond acceptors (Lipinski definition) is 4. The maximum atomic E-state index is 11.8. The Labute approximate surface area is 116 Å². The first-order valence-electron chi connectivity index (χ1n) is 5.50. The zero-order valence-electron chi connectivity index (χ0n) is 10.5. The molecule has 1 amide bonds. The fourth-order valence-corrected chi connectivity index (χ4v) is 3.11. The van der Waals surface area contributed by atoms with E-state index >= 15 is 0 Å². The van der Waals surface area contributed by atoms with Crippen LogP contribution in [0.1, 0.15) is 22.3 Å². The van der Waals surface area contributed by atoms with Gasteiger partial charge < -0.3 is 0 Å². The number of carbonyl (C=O) groups is 1. The first-order chi connectivity index (χ1) is 8.40. The van der Waals surface area contributed by atoms with Crippen molar-refractivity contribution in [2.75, 3.05) is 0 Å². The Bertz CT molecular complexity index is 555. The van der Waals surface area contributed by atoms with Gasteiger partial charge >= 0.3 is 0 Å². The molecule has 1 aromatic carbocycles. The summed E-state index contributed by atoms with van der Waals surface area (Å²) in [6.45, 7) is 6.13. The summed E-state index contributed by atoms with van der Waals surface area (Å²) in [6, 6.07) is 4.20. The molecule has 0 spiro atoms. The topological polar surface area (TPSA) is 46.3 Å². The van der Waals surface area contributed by atoms with Gasteiger partial charge in [-0.05, 0) is 43.5 Å². The number of aryl methyl sites for hydroxylation is 3. The number of benzene rings is 1. The minimum Gasteiger partial charge on any atom is -0.267 e. The fraction of sp³-hybridized carbons (Fsp3) is 0.231. The molecule has 5 heteroatoms. The second-order valence-electron chi connectivity index (χ2n) is 4.36. The summed E-state index contributed by atoms with van der Waals surface area (Å²) in [5, 5.41) is 1.02. The maximum absolute atomic E-state index is 11.8. The molecule has 18 heavy (non-hydrogen) atoms. The van der Waals surface area contributed by atoms with Crippen LogP contribution in [0.5, 0.6) is 0 Å². The minimum atomic E-state index is -0.232. The van der Waals surface area contributed by atoms with Gasteiger partial charge in [0.05, 0.1) is 4.91 Å². The third kappa shape index (κ3) is 2.34. The number of thiocarbonyl (C=S) groups is 1. The number of amides is 1. The lowest BCUT2D eigenvalue weighted by Crippen LogP contribution is -2.34. The smallest absolute Gasteiger partial charge is 0.267 e. The Kier molecular flexibility index (Phi) is 3.56. The van der Waals surface area contributed by atoms with Crippen LogP contribution >= 0.6 is 24.0 Å². The van der Waals surface area contributed by atoms with Gasteiger partial charge in [-0.1, -0.05) is 41.7 Å². The number of nitrogens with two attached hydrogens (primary N) is 1. The van der Waals surface area contributed by atoms with Crippen molar-refractivity contribution < 1.29 is 4.79 Å². The molecule has 0 aliphatic carbocycles. The zero-order chi connectivity index (χ0) is 13.4. The lowest BCUT2D eigenvalue weighted by Gasteiger charge is -2.08. The molecule has 1 fully saturated rings. The predicted molar refractivity (Wildman–Crippen MR) is 79.9 cm³/mol. The Morgan fingerprint density at radius 2 is 1.83 bits per heavy atom. The molecule has 3 nitrogen and oxygen atoms in total. The molecule has 1 aliphatic heterocycles. The average molecular weight is 278 g/mol. The minimum absolute atomic E-state index is 0.232. The summed E-state index contributed by atoms with van der Waals surface area (Å²) in [7, 11) is 0. The molecule has 0 saturated carbocycles. The van der Waals surface area contributed by atoms with Gasteiger partial charge in [-0.25, -0.2) is 10.9 Å². The van der Waals surface area contributed by atoms with E-state index in [2.05, 4.69) is 19.1 Å². The van der Waals surface area contributed by atoms with Crippen LogP contribution in [0.3, 0.4) is 0 Å². The van der Waals surface area contributed by atoms with E-state index in [9.17, 15) is 4.79 Å². The van der Waals surface area contributed by atoms with Crippen LogP contribution in [0, 0.1) is 20.8 Å². The van der Waals surface area contributed by atoms with Crippen molar-refractivity contribution in [3.05, 3.63) is 39.3 Å². The van der Waals surface area contributed by atoms with E-state index in [0.717, 1.165) is 21.7 Å². The number of carbonyl (C=O) groups excluding carboxylic acids is 1. The summed E-state index contributed by atoms with van der Waals surface area (Å²) < 4.78 is 0.397. The van der Waals surface area contributed by atoms with Crippen LogP contribution in [-0.2, 0) is 4.79 Å². The third-order valence-electron chi connectivity index (χ3n) is 2.84. The number of nitrogens with zero attached hydrogens (tertiary/aromatic N) is 1. The summed E-state index contributed by atoms with van der Waals surface area (Å²) in [6.07, 6.45) is 1.87. The maximum Gasteiger partial charge on any atom is 0.280 e. The van der Waals surface area contributed by atoms with E-state index in [0.29, 0.717) is 9.23 Å². The summed E-state index contributed by atoms with van der Waals surface area (Å²) >= 11 is 6.24. The molecule has 2 rings (SSSR count). The highest BCUT2D eigenvalue weighted by Crippen LogP contribution is 2.31. The Morgan fingerprint density at radius 3 is 2.28 bits per heavy atom. The van der Waals surface area contributed by atoms with Gasteiger partial charge in [-0.15, -0.1) is 0 Å². The van der Waals surface area contributed by atoms with Crippen molar-refractivity contribution in [3.8, 4) is 0 Å². The molecule has 1 aromatic rings. The Hall–Kier alpha value is -1.17. The van der Waals surface area contributed by atoms with Crippen LogP contribution in [-0.4, -0.2) is 15.2 Å². The Balaban J connectivity index is 2.47. The quantitative estimate of drug-likeness (QED) is 0.371. The van der Waals surface area contributed by atoms with Crippen molar-refractivity contribution in [1.29, 1.82) is 0 Å². The van der Waals surface area contributed by atoms with Crippen molar-refractivity contribution in [3.63, 3.8) is 0 Å². The molecule has 2 N–H and O–H groups in total. The highest BCUT2D eigenvalue weighted by Gasteiger charge is 2.29. The van der Waals surface area contributed by atoms with Crippen molar-refractivity contribution in [2.45, 2.75) is 20.8 Å². The van der Waals surface area contributed by atoms with Crippen LogP contribution in [0.15, 0.2) is 17.0 Å². The molecular formula is C13H14N2OS2. The van der Waals surface area contributed by atoms with E-state index in [1.54, 1.807) is 0 Å². The van der Waals surface area contributed by atoms with Gasteiger partial charge in [0.1, 0.15) is 0 Å². The van der Waals surface area contributed by atoms with E-state index in [4.69, 9.17) is 18.1 Å². The largest absolute Gasteiger partial charge is 0.280 e. The third-order valence-corrected chi connectivity index (χ3v) is 4.17. The van der Waals surface area contributed by atoms with Crippen molar-refractivity contribution in [1.82, 2.24) is 5.01 Å². The summed E-state index contributed by atoms with van der Waals surface area (Å²) in [5.41, 5.74) is 4.58. The van der Waals surface area contributed by atoms with Gasteiger partial charge in [0.2, 0.25) is 0 Å². The molecular weight excluding hydrogens is 264 g/mol. The normalized spacial score (nSPS) is 18.0. The lowest BCUT2D eigenvalue weighted by atomic mass is 9.99. The van der Waals surface area contributed by atoms with Gasteiger partial charge in [-0.3, -0.25) is 4.79 Å². The van der Waals surface area contributed by atoms with Gasteiger partial charge in [-0.2, -0.15) is 0 Å². The average Bonchev–Trinajstić information content (AvgIpc) is 2.51. The number of thioether (sulfide) groups is 1. The molecule has 0 bridgehead atoms. The lowest BCUT2D eigenvalue weighted by molar-refractivity contribution is -0.122. The SMILES string of the molecule is Cc1cc(C)c(C=C2SC(=S)N(N)C2=O)c(C)c1. The standard InChI is InChI=1S/C13H14N2OS2/c1-7-4-8(2)10(9(3)5-7)6-11-12(16)15(14)13(17)18-11/h4-6H,14H2,1-3H3. The second kappa shape index (κ2) is 4.84. The zero-order valence-corrected chi connectivity index (χ0v) is 12.1. The molecule has 0 atom stereocenters. The van der Waals surface area contributed by atoms with Crippen molar-refractivity contribution >= 4 is 40.3 Å². The molecule has 1 saturated heterocycles. The van der Waals surface area contributed by atoms with Crippen LogP contribution in [0.2, 0.25) is 0 Å². The fourth-order valence-electron chi connectivity index (χ4n) is 2.03. The van der Waals surface area contributed by atoms with E-state index in [1.165, 1.54) is 17.3 Å². The van der Waals surface area contributed by atoms with Crippen LogP contribution in [0.4, 0.5) is 0 Å². The van der Waals surface area contributed by atoms with E-state index < -0.39 is 0 Å². The van der Waals surface area contributed by atoms with Gasteiger partial charge in [0.15, 0.2) is 4.32 Å². The molecule has 0 radical (unpaired) electrons. The second-order valence-corrected chi connectivity index (χ2v) is 6.04. The molecule has 0 unspecified atom stereocenters. The first-order valence-corrected chi connectivity index (χ1v) is 6.73. The van der Waals surface area contributed by atoms with E-state index in [-0.39, 0.29) is 5.91 Å². The number of hydrazine groups is 1. The number of hydrogen-bond donors (Lipinski definition) is 1. The highest BCUT2D eigenvalue weighted by atomic mass is 32.2. The summed E-state index contributed by atoms with van der Waals surface area (Å²) in [4.78, 5) is 12.4.